The second-order valence-electron chi connectivity index (χ2n) is 13.2. The maximum atomic E-state index is 5.28. The lowest BCUT2D eigenvalue weighted by Gasteiger charge is -2.25. The minimum absolute atomic E-state index is 0.00231. The first-order valence-electron chi connectivity index (χ1n) is 17.6. The number of aromatic nitrogens is 2. The molecule has 2 aliphatic rings. The zero-order valence-corrected chi connectivity index (χ0v) is 28.2. The molecule has 9 rings (SSSR count). The van der Waals surface area contributed by atoms with E-state index in [2.05, 4.69) is 174 Å². The first-order valence-corrected chi connectivity index (χ1v) is 17.6. The molecule has 0 saturated heterocycles. The molecule has 0 amide bonds. The van der Waals surface area contributed by atoms with Gasteiger partial charge < -0.3 is 0 Å². The summed E-state index contributed by atoms with van der Waals surface area (Å²) in [5.74, 6) is 2.04. The summed E-state index contributed by atoms with van der Waals surface area (Å²) < 4.78 is 2.24. The van der Waals surface area contributed by atoms with Crippen molar-refractivity contribution in [1.29, 1.82) is 0 Å². The van der Waals surface area contributed by atoms with Crippen LogP contribution in [0.4, 0.5) is 0 Å². The Kier molecular flexibility index (Phi) is 8.11. The minimum Gasteiger partial charge on any atom is -0.292 e. The van der Waals surface area contributed by atoms with Crippen LogP contribution in [0.1, 0.15) is 41.5 Å². The molecule has 7 aromatic rings. The molecular formula is C47H36N4. The van der Waals surface area contributed by atoms with Crippen molar-refractivity contribution >= 4 is 22.6 Å². The molecule has 1 aliphatic carbocycles. The molecule has 0 radical (unpaired) electrons. The van der Waals surface area contributed by atoms with Crippen molar-refractivity contribution in [2.45, 2.75) is 24.8 Å². The highest BCUT2D eigenvalue weighted by Crippen LogP contribution is 2.36. The van der Waals surface area contributed by atoms with E-state index in [-0.39, 0.29) is 6.04 Å². The molecule has 1 aliphatic heterocycles. The van der Waals surface area contributed by atoms with Crippen LogP contribution in [0.15, 0.2) is 198 Å². The summed E-state index contributed by atoms with van der Waals surface area (Å²) in [6.07, 6.45) is 8.45. The van der Waals surface area contributed by atoms with Crippen molar-refractivity contribution in [3.63, 3.8) is 0 Å². The summed E-state index contributed by atoms with van der Waals surface area (Å²) in [5.41, 5.74) is 12.5. The van der Waals surface area contributed by atoms with E-state index in [4.69, 9.17) is 15.0 Å². The predicted molar refractivity (Wildman–Crippen MR) is 211 cm³/mol. The number of para-hydroxylation sites is 3. The highest BCUT2D eigenvalue weighted by molar-refractivity contribution is 6.14. The number of hydrogen-bond acceptors (Lipinski definition) is 3. The minimum atomic E-state index is 0.00231. The molecule has 4 heteroatoms. The molecule has 244 valence electrons. The van der Waals surface area contributed by atoms with Gasteiger partial charge in [-0.2, -0.15) is 0 Å². The largest absolute Gasteiger partial charge is 0.292 e. The third-order valence-electron chi connectivity index (χ3n) is 9.94. The van der Waals surface area contributed by atoms with Gasteiger partial charge >= 0.3 is 0 Å². The Hall–Kier alpha value is -6.39. The van der Waals surface area contributed by atoms with E-state index in [0.29, 0.717) is 5.92 Å². The van der Waals surface area contributed by atoms with E-state index < -0.39 is 0 Å². The van der Waals surface area contributed by atoms with Crippen molar-refractivity contribution in [1.82, 2.24) is 9.55 Å². The standard InChI is InChI=1S/C47H36N4/c1-4-14-33(15-5-1)37-18-12-20-39(30-37)44-32-43(35-16-6-2-7-17-35)48-46(49-44)40-21-13-19-38(31-40)34-26-28-36(29-27-34)47-50-42-24-10-11-25-45(42)51(47)41-22-8-3-9-23-41/h1-29,31,37,43H,30,32H2. The second-order valence-corrected chi connectivity index (χ2v) is 13.2. The van der Waals surface area contributed by atoms with Gasteiger partial charge in [0, 0.05) is 34.9 Å². The molecule has 2 atom stereocenters. The number of imidazole rings is 1. The van der Waals surface area contributed by atoms with Crippen LogP contribution in [0, 0.1) is 0 Å². The molecule has 1 aromatic heterocycles. The van der Waals surface area contributed by atoms with Gasteiger partial charge in [0.25, 0.3) is 0 Å². The van der Waals surface area contributed by atoms with E-state index in [9.17, 15) is 0 Å². The number of amidine groups is 1. The van der Waals surface area contributed by atoms with Crippen molar-refractivity contribution < 1.29 is 0 Å². The topological polar surface area (TPSA) is 42.5 Å². The summed E-state index contributed by atoms with van der Waals surface area (Å²) in [4.78, 5) is 15.6. The molecule has 0 N–H and O–H groups in total. The van der Waals surface area contributed by atoms with E-state index in [1.807, 2.05) is 12.1 Å². The third-order valence-corrected chi connectivity index (χ3v) is 9.94. The van der Waals surface area contributed by atoms with Gasteiger partial charge in [-0.15, -0.1) is 0 Å². The number of aliphatic imine (C=N–C) groups is 2. The molecule has 0 fully saturated rings. The number of allylic oxidation sites excluding steroid dienone is 4. The Labute approximate surface area is 298 Å². The highest BCUT2D eigenvalue weighted by atomic mass is 15.1. The summed E-state index contributed by atoms with van der Waals surface area (Å²) >= 11 is 0. The summed E-state index contributed by atoms with van der Waals surface area (Å²) in [7, 11) is 0. The van der Waals surface area contributed by atoms with Crippen molar-refractivity contribution in [3.8, 4) is 28.2 Å². The SMILES string of the molecule is C1=CC(c2ccccc2)CC(C2=NC(c3cccc(-c4ccc(-c5nc6ccccc6n5-c5ccccc5)cc4)c3)=NC(c3ccccc3)C2)=C1. The Bertz CT molecular complexity index is 2450. The van der Waals surface area contributed by atoms with Gasteiger partial charge in [-0.3, -0.25) is 9.56 Å². The average Bonchev–Trinajstić information content (AvgIpc) is 3.62. The van der Waals surface area contributed by atoms with E-state index in [1.165, 1.54) is 16.7 Å². The first-order chi connectivity index (χ1) is 25.3. The van der Waals surface area contributed by atoms with Crippen LogP contribution in [-0.2, 0) is 0 Å². The fourth-order valence-electron chi connectivity index (χ4n) is 7.32. The zero-order valence-electron chi connectivity index (χ0n) is 28.2. The first kappa shape index (κ1) is 30.7. The Morgan fingerprint density at radius 1 is 0.549 bits per heavy atom. The van der Waals surface area contributed by atoms with Gasteiger partial charge in [-0.05, 0) is 64.6 Å². The lowest BCUT2D eigenvalue weighted by molar-refractivity contribution is 0.744. The van der Waals surface area contributed by atoms with Crippen LogP contribution in [0.3, 0.4) is 0 Å². The normalized spacial score (nSPS) is 17.1. The number of benzene rings is 6. The molecule has 2 unspecified atom stereocenters. The average molecular weight is 657 g/mol. The monoisotopic (exact) mass is 656 g/mol. The third kappa shape index (κ3) is 6.17. The van der Waals surface area contributed by atoms with Crippen molar-refractivity contribution in [2.24, 2.45) is 9.98 Å². The van der Waals surface area contributed by atoms with Gasteiger partial charge in [0.05, 0.1) is 17.1 Å². The van der Waals surface area contributed by atoms with Crippen LogP contribution >= 0.6 is 0 Å². The summed E-state index contributed by atoms with van der Waals surface area (Å²) in [6.45, 7) is 0. The smallest absolute Gasteiger partial charge is 0.155 e. The molecule has 2 heterocycles. The molecule has 0 spiro atoms. The summed E-state index contributed by atoms with van der Waals surface area (Å²) in [5, 5.41) is 0. The predicted octanol–water partition coefficient (Wildman–Crippen LogP) is 11.4. The van der Waals surface area contributed by atoms with Crippen LogP contribution < -0.4 is 0 Å². The number of nitrogens with zero attached hydrogens (tertiary/aromatic N) is 4. The van der Waals surface area contributed by atoms with Gasteiger partial charge in [0.2, 0.25) is 0 Å². The van der Waals surface area contributed by atoms with E-state index in [0.717, 1.165) is 69.2 Å². The lowest BCUT2D eigenvalue weighted by atomic mass is 9.84. The van der Waals surface area contributed by atoms with E-state index in [1.54, 1.807) is 0 Å². The van der Waals surface area contributed by atoms with Gasteiger partial charge in [0.1, 0.15) is 5.82 Å². The molecule has 0 bridgehead atoms. The molecule has 4 nitrogen and oxygen atoms in total. The van der Waals surface area contributed by atoms with Crippen molar-refractivity contribution in [3.05, 3.63) is 204 Å². The van der Waals surface area contributed by atoms with E-state index >= 15 is 0 Å². The number of rotatable bonds is 7. The van der Waals surface area contributed by atoms with Crippen LogP contribution in [0.2, 0.25) is 0 Å². The Morgan fingerprint density at radius 3 is 2.00 bits per heavy atom. The van der Waals surface area contributed by atoms with Crippen LogP contribution in [0.5, 0.6) is 0 Å². The Balaban J connectivity index is 1.05. The van der Waals surface area contributed by atoms with Gasteiger partial charge in [-0.1, -0.05) is 152 Å². The number of hydrogen-bond donors (Lipinski definition) is 0. The summed E-state index contributed by atoms with van der Waals surface area (Å²) in [6, 6.07) is 57.5. The molecule has 6 aromatic carbocycles. The fraction of sp³-hybridized carbons (Fsp3) is 0.0851. The lowest BCUT2D eigenvalue weighted by Crippen LogP contribution is -2.20. The van der Waals surface area contributed by atoms with Crippen molar-refractivity contribution in [2.75, 3.05) is 0 Å². The van der Waals surface area contributed by atoms with Gasteiger partial charge in [0.15, 0.2) is 5.84 Å². The second kappa shape index (κ2) is 13.5. The maximum absolute atomic E-state index is 5.28. The molecule has 51 heavy (non-hydrogen) atoms. The zero-order chi connectivity index (χ0) is 34.0. The molecular weight excluding hydrogens is 621 g/mol. The maximum Gasteiger partial charge on any atom is 0.155 e. The quantitative estimate of drug-likeness (QED) is 0.168. The fourth-order valence-corrected chi connectivity index (χ4v) is 7.32. The number of fused-ring (bicyclic) bond motifs is 1. The highest BCUT2D eigenvalue weighted by Gasteiger charge is 2.25. The van der Waals surface area contributed by atoms with Gasteiger partial charge in [-0.25, -0.2) is 9.98 Å². The Morgan fingerprint density at radius 2 is 1.22 bits per heavy atom. The molecule has 0 saturated carbocycles. The van der Waals surface area contributed by atoms with Crippen LogP contribution in [0.25, 0.3) is 39.2 Å². The van der Waals surface area contributed by atoms with Crippen LogP contribution in [-0.4, -0.2) is 21.1 Å².